The van der Waals surface area contributed by atoms with Gasteiger partial charge in [0.2, 0.25) is 0 Å². The molecule has 0 spiro atoms. The van der Waals surface area contributed by atoms with Crippen molar-refractivity contribution in [1.29, 1.82) is 0 Å². The highest BCUT2D eigenvalue weighted by Gasteiger charge is 2.10. The molecule has 14 heavy (non-hydrogen) atoms. The Bertz CT molecular complexity index is 265. The summed E-state index contributed by atoms with van der Waals surface area (Å²) in [7, 11) is 0. The molecule has 0 aliphatic rings. The summed E-state index contributed by atoms with van der Waals surface area (Å²) in [5.74, 6) is 0. The van der Waals surface area contributed by atoms with E-state index in [0.717, 1.165) is 5.56 Å². The van der Waals surface area contributed by atoms with Gasteiger partial charge in [-0.15, -0.1) is 0 Å². The Morgan fingerprint density at radius 2 is 2.21 bits per heavy atom. The van der Waals surface area contributed by atoms with Gasteiger partial charge in [-0.25, -0.2) is 4.79 Å². The lowest BCUT2D eigenvalue weighted by atomic mass is 10.4. The van der Waals surface area contributed by atoms with E-state index >= 15 is 0 Å². The molecule has 0 aliphatic heterocycles. The first kappa shape index (κ1) is 10.6. The van der Waals surface area contributed by atoms with Crippen LogP contribution in [-0.2, 0) is 11.3 Å². The summed E-state index contributed by atoms with van der Waals surface area (Å²) >= 11 is 0. The topological polar surface area (TPSA) is 42.7 Å². The van der Waals surface area contributed by atoms with Crippen LogP contribution in [0.2, 0.25) is 0 Å². The largest absolute Gasteiger partial charge is 0.472 e. The molecule has 4 heteroatoms. The Hall–Kier alpha value is -1.45. The summed E-state index contributed by atoms with van der Waals surface area (Å²) < 4.78 is 9.91. The second-order valence-electron chi connectivity index (χ2n) is 2.86. The van der Waals surface area contributed by atoms with Crippen LogP contribution in [-0.4, -0.2) is 24.1 Å². The highest BCUT2D eigenvalue weighted by molar-refractivity contribution is 5.67. The minimum atomic E-state index is -0.281. The average Bonchev–Trinajstić information content (AvgIpc) is 2.69. The Morgan fingerprint density at radius 1 is 1.50 bits per heavy atom. The molecule has 0 fully saturated rings. The van der Waals surface area contributed by atoms with Gasteiger partial charge in [-0.1, -0.05) is 0 Å². The zero-order valence-corrected chi connectivity index (χ0v) is 8.53. The number of carbonyl (C=O) groups is 1. The Labute approximate surface area is 83.5 Å². The summed E-state index contributed by atoms with van der Waals surface area (Å²) in [4.78, 5) is 13.0. The zero-order chi connectivity index (χ0) is 10.4. The molecule has 0 aromatic carbocycles. The SMILES string of the molecule is CCN(CC)C(=O)OCc1ccoc1. The van der Waals surface area contributed by atoms with Gasteiger partial charge in [0.25, 0.3) is 0 Å². The number of hydrogen-bond donors (Lipinski definition) is 0. The molecule has 1 heterocycles. The predicted molar refractivity (Wildman–Crippen MR) is 51.8 cm³/mol. The third-order valence-corrected chi connectivity index (χ3v) is 1.96. The highest BCUT2D eigenvalue weighted by atomic mass is 16.6. The van der Waals surface area contributed by atoms with Gasteiger partial charge in [-0.05, 0) is 19.9 Å². The number of carbonyl (C=O) groups excluding carboxylic acids is 1. The van der Waals surface area contributed by atoms with E-state index < -0.39 is 0 Å². The van der Waals surface area contributed by atoms with E-state index in [4.69, 9.17) is 9.15 Å². The van der Waals surface area contributed by atoms with Gasteiger partial charge in [0, 0.05) is 18.7 Å². The van der Waals surface area contributed by atoms with Crippen molar-refractivity contribution in [1.82, 2.24) is 4.90 Å². The van der Waals surface area contributed by atoms with Gasteiger partial charge in [-0.2, -0.15) is 0 Å². The normalized spacial score (nSPS) is 9.86. The number of hydrogen-bond acceptors (Lipinski definition) is 3. The lowest BCUT2D eigenvalue weighted by molar-refractivity contribution is 0.0997. The van der Waals surface area contributed by atoms with Gasteiger partial charge in [-0.3, -0.25) is 0 Å². The molecule has 1 aromatic rings. The Kier molecular flexibility index (Phi) is 4.04. The summed E-state index contributed by atoms with van der Waals surface area (Å²) in [6.07, 6.45) is 2.84. The molecule has 0 N–H and O–H groups in total. The van der Waals surface area contributed by atoms with Crippen molar-refractivity contribution in [2.24, 2.45) is 0 Å². The van der Waals surface area contributed by atoms with Crippen molar-refractivity contribution in [3.05, 3.63) is 24.2 Å². The molecule has 1 aromatic heterocycles. The highest BCUT2D eigenvalue weighted by Crippen LogP contribution is 2.03. The van der Waals surface area contributed by atoms with Gasteiger partial charge < -0.3 is 14.1 Å². The van der Waals surface area contributed by atoms with E-state index in [2.05, 4.69) is 0 Å². The van der Waals surface area contributed by atoms with Crippen LogP contribution in [0.4, 0.5) is 4.79 Å². The molecule has 78 valence electrons. The monoisotopic (exact) mass is 197 g/mol. The Morgan fingerprint density at radius 3 is 2.71 bits per heavy atom. The van der Waals surface area contributed by atoms with E-state index in [1.165, 1.54) is 0 Å². The number of ether oxygens (including phenoxy) is 1. The summed E-state index contributed by atoms with van der Waals surface area (Å²) in [6.45, 7) is 5.44. The first-order valence-electron chi connectivity index (χ1n) is 4.70. The number of rotatable bonds is 4. The summed E-state index contributed by atoms with van der Waals surface area (Å²) in [5, 5.41) is 0. The van der Waals surface area contributed by atoms with E-state index in [1.54, 1.807) is 23.5 Å². The molecule has 0 radical (unpaired) electrons. The van der Waals surface area contributed by atoms with Crippen LogP contribution in [0.1, 0.15) is 19.4 Å². The van der Waals surface area contributed by atoms with Crippen molar-refractivity contribution in [2.45, 2.75) is 20.5 Å². The molecular formula is C10H15NO3. The van der Waals surface area contributed by atoms with Crippen molar-refractivity contribution in [3.8, 4) is 0 Å². The molecular weight excluding hydrogens is 182 g/mol. The predicted octanol–water partition coefficient (Wildman–Crippen LogP) is 2.26. The number of furan rings is 1. The fraction of sp³-hybridized carbons (Fsp3) is 0.500. The molecule has 0 atom stereocenters. The minimum absolute atomic E-state index is 0.270. The smallest absolute Gasteiger partial charge is 0.410 e. The summed E-state index contributed by atoms with van der Waals surface area (Å²) in [5.41, 5.74) is 0.866. The molecule has 1 amide bonds. The maximum Gasteiger partial charge on any atom is 0.410 e. The first-order valence-corrected chi connectivity index (χ1v) is 4.70. The van der Waals surface area contributed by atoms with Crippen molar-refractivity contribution in [3.63, 3.8) is 0 Å². The number of nitrogens with zero attached hydrogens (tertiary/aromatic N) is 1. The lowest BCUT2D eigenvalue weighted by Crippen LogP contribution is -2.30. The molecule has 0 saturated carbocycles. The zero-order valence-electron chi connectivity index (χ0n) is 8.53. The van der Waals surface area contributed by atoms with E-state index in [1.807, 2.05) is 13.8 Å². The molecule has 0 bridgehead atoms. The first-order chi connectivity index (χ1) is 6.77. The van der Waals surface area contributed by atoms with Crippen molar-refractivity contribution in [2.75, 3.05) is 13.1 Å². The third-order valence-electron chi connectivity index (χ3n) is 1.96. The fourth-order valence-corrected chi connectivity index (χ4v) is 1.09. The molecule has 0 saturated heterocycles. The average molecular weight is 197 g/mol. The van der Waals surface area contributed by atoms with Crippen molar-refractivity contribution >= 4 is 6.09 Å². The Balaban J connectivity index is 2.34. The van der Waals surface area contributed by atoms with Crippen molar-refractivity contribution < 1.29 is 13.9 Å². The number of amides is 1. The third kappa shape index (κ3) is 2.80. The van der Waals surface area contributed by atoms with Crippen LogP contribution >= 0.6 is 0 Å². The van der Waals surface area contributed by atoms with Crippen LogP contribution in [0.25, 0.3) is 0 Å². The van der Waals surface area contributed by atoms with Crippen LogP contribution in [0.15, 0.2) is 23.0 Å². The molecule has 1 rings (SSSR count). The van der Waals surface area contributed by atoms with Crippen LogP contribution in [0.5, 0.6) is 0 Å². The van der Waals surface area contributed by atoms with Crippen LogP contribution < -0.4 is 0 Å². The van der Waals surface area contributed by atoms with Gasteiger partial charge in [0.05, 0.1) is 12.5 Å². The van der Waals surface area contributed by atoms with Gasteiger partial charge >= 0.3 is 6.09 Å². The summed E-state index contributed by atoms with van der Waals surface area (Å²) in [6, 6.07) is 1.77. The van der Waals surface area contributed by atoms with Crippen LogP contribution in [0, 0.1) is 0 Å². The second kappa shape index (κ2) is 5.32. The fourth-order valence-electron chi connectivity index (χ4n) is 1.09. The quantitative estimate of drug-likeness (QED) is 0.743. The second-order valence-corrected chi connectivity index (χ2v) is 2.86. The lowest BCUT2D eigenvalue weighted by Gasteiger charge is -2.17. The van der Waals surface area contributed by atoms with Crippen LogP contribution in [0.3, 0.4) is 0 Å². The maximum absolute atomic E-state index is 11.4. The maximum atomic E-state index is 11.4. The standard InChI is InChI=1S/C10H15NO3/c1-3-11(4-2)10(12)14-8-9-5-6-13-7-9/h5-7H,3-4,8H2,1-2H3. The van der Waals surface area contributed by atoms with E-state index in [9.17, 15) is 4.79 Å². The van der Waals surface area contributed by atoms with E-state index in [-0.39, 0.29) is 12.7 Å². The van der Waals surface area contributed by atoms with Gasteiger partial charge in [0.15, 0.2) is 0 Å². The van der Waals surface area contributed by atoms with Gasteiger partial charge in [0.1, 0.15) is 6.61 Å². The molecule has 0 unspecified atom stereocenters. The van der Waals surface area contributed by atoms with E-state index in [0.29, 0.717) is 13.1 Å². The molecule has 0 aliphatic carbocycles. The minimum Gasteiger partial charge on any atom is -0.472 e. The molecule has 4 nitrogen and oxygen atoms in total.